The second-order valence-corrected chi connectivity index (χ2v) is 3.03. The van der Waals surface area contributed by atoms with Gasteiger partial charge in [-0.3, -0.25) is 14.6 Å². The molecule has 1 aromatic rings. The van der Waals surface area contributed by atoms with Crippen molar-refractivity contribution < 1.29 is 0 Å². The van der Waals surface area contributed by atoms with Crippen LogP contribution in [0, 0.1) is 11.3 Å². The molecule has 64 valence electrons. The molecule has 0 aliphatic heterocycles. The summed E-state index contributed by atoms with van der Waals surface area (Å²) >= 11 is 0. The van der Waals surface area contributed by atoms with Crippen molar-refractivity contribution in [2.24, 2.45) is 7.05 Å². The van der Waals surface area contributed by atoms with E-state index in [1.807, 2.05) is 19.9 Å². The molecular formula is C8H11N3O. The van der Waals surface area contributed by atoms with Gasteiger partial charge in [-0.05, 0) is 5.92 Å². The molecule has 0 radical (unpaired) electrons. The van der Waals surface area contributed by atoms with E-state index in [0.29, 0.717) is 5.69 Å². The van der Waals surface area contributed by atoms with Crippen molar-refractivity contribution in [1.82, 2.24) is 9.78 Å². The Labute approximate surface area is 70.4 Å². The highest BCUT2D eigenvalue weighted by atomic mass is 16.1. The molecule has 0 aliphatic rings. The highest BCUT2D eigenvalue weighted by molar-refractivity contribution is 5.32. The lowest BCUT2D eigenvalue weighted by atomic mass is 10.1. The predicted octanol–water partition coefficient (Wildman–Crippen LogP) is 0.708. The zero-order chi connectivity index (χ0) is 9.30. The van der Waals surface area contributed by atoms with Crippen LogP contribution in [0.2, 0.25) is 0 Å². The summed E-state index contributed by atoms with van der Waals surface area (Å²) in [6.07, 6.45) is 0. The maximum atomic E-state index is 11.2. The van der Waals surface area contributed by atoms with Crippen molar-refractivity contribution in [2.75, 3.05) is 0 Å². The second kappa shape index (κ2) is 2.86. The fraction of sp³-hybridized carbons (Fsp3) is 0.500. The van der Waals surface area contributed by atoms with Crippen molar-refractivity contribution in [3.05, 3.63) is 21.6 Å². The highest BCUT2D eigenvalue weighted by Gasteiger charge is 2.13. The van der Waals surface area contributed by atoms with Gasteiger partial charge in [0.05, 0.1) is 5.69 Å². The number of aromatic amines is 1. The quantitative estimate of drug-likeness (QED) is 0.666. The van der Waals surface area contributed by atoms with Crippen LogP contribution in [0.3, 0.4) is 0 Å². The number of aromatic nitrogens is 2. The lowest BCUT2D eigenvalue weighted by molar-refractivity contribution is 0.697. The Hall–Kier alpha value is -1.50. The molecule has 0 amide bonds. The van der Waals surface area contributed by atoms with Crippen LogP contribution in [0.4, 0.5) is 0 Å². The number of aryl methyl sites for hydroxylation is 1. The molecule has 0 aliphatic carbocycles. The normalized spacial score (nSPS) is 10.2. The van der Waals surface area contributed by atoms with Gasteiger partial charge < -0.3 is 0 Å². The Morgan fingerprint density at radius 3 is 2.50 bits per heavy atom. The van der Waals surface area contributed by atoms with Gasteiger partial charge in [-0.15, -0.1) is 0 Å². The average Bonchev–Trinajstić information content (AvgIpc) is 2.29. The van der Waals surface area contributed by atoms with E-state index in [1.165, 1.54) is 4.68 Å². The second-order valence-electron chi connectivity index (χ2n) is 3.03. The molecule has 0 saturated heterocycles. The maximum absolute atomic E-state index is 11.2. The Balaban J connectivity index is 3.43. The van der Waals surface area contributed by atoms with E-state index in [4.69, 9.17) is 5.26 Å². The predicted molar refractivity (Wildman–Crippen MR) is 44.8 cm³/mol. The lowest BCUT2D eigenvalue weighted by Gasteiger charge is -1.99. The molecule has 4 heteroatoms. The van der Waals surface area contributed by atoms with Crippen molar-refractivity contribution >= 4 is 0 Å². The van der Waals surface area contributed by atoms with E-state index in [0.717, 1.165) is 0 Å². The van der Waals surface area contributed by atoms with Crippen LogP contribution in [0.5, 0.6) is 0 Å². The molecule has 1 rings (SSSR count). The Morgan fingerprint density at radius 2 is 2.17 bits per heavy atom. The highest BCUT2D eigenvalue weighted by Crippen LogP contribution is 2.12. The minimum absolute atomic E-state index is 0.175. The third-order valence-electron chi connectivity index (χ3n) is 1.77. The molecule has 0 spiro atoms. The smallest absolute Gasteiger partial charge is 0.284 e. The fourth-order valence-corrected chi connectivity index (χ4v) is 1.10. The van der Waals surface area contributed by atoms with E-state index in [1.54, 1.807) is 7.05 Å². The summed E-state index contributed by atoms with van der Waals surface area (Å²) in [7, 11) is 1.61. The largest absolute Gasteiger partial charge is 0.298 e. The first kappa shape index (κ1) is 8.60. The van der Waals surface area contributed by atoms with E-state index >= 15 is 0 Å². The number of nitrogens with one attached hydrogen (secondary N) is 1. The van der Waals surface area contributed by atoms with Gasteiger partial charge >= 0.3 is 0 Å². The first-order valence-electron chi connectivity index (χ1n) is 3.77. The fourth-order valence-electron chi connectivity index (χ4n) is 1.10. The summed E-state index contributed by atoms with van der Waals surface area (Å²) in [5, 5.41) is 11.5. The van der Waals surface area contributed by atoms with Gasteiger partial charge in [0.1, 0.15) is 11.6 Å². The molecule has 1 heterocycles. The average molecular weight is 165 g/mol. The summed E-state index contributed by atoms with van der Waals surface area (Å²) in [4.78, 5) is 11.2. The maximum Gasteiger partial charge on any atom is 0.284 e. The van der Waals surface area contributed by atoms with Crippen LogP contribution in [-0.2, 0) is 7.05 Å². The van der Waals surface area contributed by atoms with Crippen molar-refractivity contribution in [1.29, 1.82) is 5.26 Å². The number of hydrogen-bond acceptors (Lipinski definition) is 2. The van der Waals surface area contributed by atoms with Gasteiger partial charge in [-0.2, -0.15) is 5.26 Å². The van der Waals surface area contributed by atoms with Gasteiger partial charge in [0.15, 0.2) is 0 Å². The van der Waals surface area contributed by atoms with Crippen LogP contribution in [-0.4, -0.2) is 9.78 Å². The molecular weight excluding hydrogens is 154 g/mol. The number of nitrogens with zero attached hydrogens (tertiary/aromatic N) is 2. The Bertz CT molecular complexity index is 378. The van der Waals surface area contributed by atoms with Gasteiger partial charge in [-0.1, -0.05) is 13.8 Å². The SMILES string of the molecule is CC(C)c1[nH]n(C)c(=O)c1C#N. The first-order chi connectivity index (χ1) is 5.57. The third kappa shape index (κ3) is 1.14. The Kier molecular flexibility index (Phi) is 2.05. The first-order valence-corrected chi connectivity index (χ1v) is 3.77. The molecule has 0 fully saturated rings. The van der Waals surface area contributed by atoms with Gasteiger partial charge in [0.25, 0.3) is 5.56 Å². The standard InChI is InChI=1S/C8H11N3O/c1-5(2)7-6(4-9)8(12)11(3)10-7/h5,10H,1-3H3. The van der Waals surface area contributed by atoms with Crippen LogP contribution in [0.15, 0.2) is 4.79 Å². The minimum Gasteiger partial charge on any atom is -0.298 e. The van der Waals surface area contributed by atoms with Crippen LogP contribution < -0.4 is 5.56 Å². The monoisotopic (exact) mass is 165 g/mol. The molecule has 1 N–H and O–H groups in total. The summed E-state index contributed by atoms with van der Waals surface area (Å²) < 4.78 is 1.33. The summed E-state index contributed by atoms with van der Waals surface area (Å²) in [5.74, 6) is 0.175. The molecule has 0 aromatic carbocycles. The van der Waals surface area contributed by atoms with Gasteiger partial charge in [0, 0.05) is 7.05 Å². The molecule has 0 atom stereocenters. The van der Waals surface area contributed by atoms with E-state index in [-0.39, 0.29) is 17.0 Å². The summed E-state index contributed by atoms with van der Waals surface area (Å²) in [6.45, 7) is 3.87. The molecule has 1 aromatic heterocycles. The van der Waals surface area contributed by atoms with Crippen molar-refractivity contribution in [3.63, 3.8) is 0 Å². The van der Waals surface area contributed by atoms with Crippen molar-refractivity contribution in [3.8, 4) is 6.07 Å². The van der Waals surface area contributed by atoms with Crippen LogP contribution >= 0.6 is 0 Å². The van der Waals surface area contributed by atoms with E-state index in [9.17, 15) is 4.79 Å². The number of hydrogen-bond donors (Lipinski definition) is 1. The zero-order valence-corrected chi connectivity index (χ0v) is 7.38. The molecule has 0 bridgehead atoms. The van der Waals surface area contributed by atoms with Crippen LogP contribution in [0.1, 0.15) is 31.0 Å². The number of rotatable bonds is 1. The molecule has 0 saturated carbocycles. The number of H-pyrrole nitrogens is 1. The van der Waals surface area contributed by atoms with Crippen molar-refractivity contribution in [2.45, 2.75) is 19.8 Å². The topological polar surface area (TPSA) is 61.6 Å². The summed E-state index contributed by atoms with van der Waals surface area (Å²) in [5.41, 5.74) is 0.693. The number of nitriles is 1. The third-order valence-corrected chi connectivity index (χ3v) is 1.77. The molecule has 4 nitrogen and oxygen atoms in total. The molecule has 12 heavy (non-hydrogen) atoms. The Morgan fingerprint density at radius 1 is 1.58 bits per heavy atom. The van der Waals surface area contributed by atoms with Crippen LogP contribution in [0.25, 0.3) is 0 Å². The lowest BCUT2D eigenvalue weighted by Crippen LogP contribution is -2.13. The van der Waals surface area contributed by atoms with E-state index < -0.39 is 0 Å². The summed E-state index contributed by atoms with van der Waals surface area (Å²) in [6, 6.07) is 1.90. The molecule has 0 unspecified atom stereocenters. The minimum atomic E-state index is -0.249. The van der Waals surface area contributed by atoms with Gasteiger partial charge in [-0.25, -0.2) is 0 Å². The van der Waals surface area contributed by atoms with Gasteiger partial charge in [0.2, 0.25) is 0 Å². The zero-order valence-electron chi connectivity index (χ0n) is 7.38. The van der Waals surface area contributed by atoms with E-state index in [2.05, 4.69) is 5.10 Å².